The Bertz CT molecular complexity index is 694. The van der Waals surface area contributed by atoms with Gasteiger partial charge in [-0.15, -0.1) is 0 Å². The molecule has 0 atom stereocenters. The lowest BCUT2D eigenvalue weighted by Crippen LogP contribution is -2.31. The lowest BCUT2D eigenvalue weighted by atomic mass is 9.70. The highest BCUT2D eigenvalue weighted by Gasteiger charge is 2.33. The first-order chi connectivity index (χ1) is 9.98. The maximum absolute atomic E-state index is 10.8. The van der Waals surface area contributed by atoms with Crippen LogP contribution in [0, 0.1) is 5.41 Å². The second-order valence-electron chi connectivity index (χ2n) is 5.93. The van der Waals surface area contributed by atoms with E-state index in [1.807, 2.05) is 18.2 Å². The zero-order valence-corrected chi connectivity index (χ0v) is 13.4. The van der Waals surface area contributed by atoms with E-state index in [9.17, 15) is 4.79 Å². The quantitative estimate of drug-likeness (QED) is 0.843. The Kier molecular flexibility index (Phi) is 3.88. The third kappa shape index (κ3) is 2.90. The second-order valence-corrected chi connectivity index (χ2v) is 7.28. The summed E-state index contributed by atoms with van der Waals surface area (Å²) in [6.45, 7) is 3.14. The Morgan fingerprint density at radius 3 is 2.90 bits per heavy atom. The molecule has 1 aliphatic carbocycles. The number of para-hydroxylation sites is 1. The molecule has 0 amide bonds. The number of rotatable bonds is 5. The summed E-state index contributed by atoms with van der Waals surface area (Å²) in [4.78, 5) is 15.4. The molecule has 1 aliphatic rings. The highest BCUT2D eigenvalue weighted by Crippen LogP contribution is 2.43. The molecule has 2 aromatic rings. The van der Waals surface area contributed by atoms with Crippen LogP contribution >= 0.6 is 23.4 Å². The van der Waals surface area contributed by atoms with Crippen molar-refractivity contribution in [2.45, 2.75) is 37.9 Å². The fourth-order valence-corrected chi connectivity index (χ4v) is 3.74. The van der Waals surface area contributed by atoms with Gasteiger partial charge in [-0.3, -0.25) is 4.79 Å². The number of imidazole rings is 1. The summed E-state index contributed by atoms with van der Waals surface area (Å²) in [6, 6.07) is 5.73. The molecule has 1 saturated carbocycles. The van der Waals surface area contributed by atoms with Crippen LogP contribution in [-0.2, 0) is 11.3 Å². The molecule has 0 bridgehead atoms. The molecular weight excluding hydrogens is 308 g/mol. The van der Waals surface area contributed by atoms with Crippen LogP contribution in [0.25, 0.3) is 11.0 Å². The number of fused-ring (bicyclic) bond motifs is 1. The molecule has 0 aliphatic heterocycles. The van der Waals surface area contributed by atoms with E-state index in [0.717, 1.165) is 22.7 Å². The molecule has 0 radical (unpaired) electrons. The molecule has 4 nitrogen and oxygen atoms in total. The first-order valence-corrected chi connectivity index (χ1v) is 8.34. The number of hydrogen-bond donors (Lipinski definition) is 1. The van der Waals surface area contributed by atoms with Crippen molar-refractivity contribution in [3.05, 3.63) is 23.2 Å². The molecule has 1 aromatic heterocycles. The fourth-order valence-electron chi connectivity index (χ4n) is 2.80. The van der Waals surface area contributed by atoms with Gasteiger partial charge in [-0.25, -0.2) is 4.98 Å². The minimum absolute atomic E-state index is 0.0116. The number of hydrogen-bond acceptors (Lipinski definition) is 3. The van der Waals surface area contributed by atoms with Crippen LogP contribution < -0.4 is 0 Å². The van der Waals surface area contributed by atoms with Crippen LogP contribution in [0.15, 0.2) is 23.4 Å². The highest BCUT2D eigenvalue weighted by atomic mass is 35.5. The zero-order chi connectivity index (χ0) is 15.0. The first-order valence-electron chi connectivity index (χ1n) is 6.98. The third-order valence-electron chi connectivity index (χ3n) is 4.12. The number of nitrogens with zero attached hydrogens (tertiary/aromatic N) is 2. The number of carboxylic acids is 1. The maximum Gasteiger partial charge on any atom is 0.313 e. The summed E-state index contributed by atoms with van der Waals surface area (Å²) in [5.41, 5.74) is 2.03. The molecule has 0 saturated heterocycles. The number of carboxylic acid groups (broad SMARTS) is 1. The van der Waals surface area contributed by atoms with Crippen molar-refractivity contribution in [3.8, 4) is 0 Å². The summed E-state index contributed by atoms with van der Waals surface area (Å²) in [6.07, 6.45) is 3.67. The highest BCUT2D eigenvalue weighted by molar-refractivity contribution is 7.99. The molecule has 112 valence electrons. The van der Waals surface area contributed by atoms with Gasteiger partial charge in [0, 0.05) is 6.54 Å². The Morgan fingerprint density at radius 2 is 2.29 bits per heavy atom. The van der Waals surface area contributed by atoms with Gasteiger partial charge < -0.3 is 9.67 Å². The Hall–Kier alpha value is -1.20. The average Bonchev–Trinajstić information content (AvgIpc) is 2.74. The van der Waals surface area contributed by atoms with E-state index >= 15 is 0 Å². The second kappa shape index (κ2) is 5.54. The Labute approximate surface area is 132 Å². The van der Waals surface area contributed by atoms with Crippen molar-refractivity contribution < 1.29 is 9.90 Å². The van der Waals surface area contributed by atoms with Gasteiger partial charge >= 0.3 is 5.97 Å². The van der Waals surface area contributed by atoms with Crippen molar-refractivity contribution in [1.29, 1.82) is 0 Å². The van der Waals surface area contributed by atoms with Gasteiger partial charge in [0.2, 0.25) is 0 Å². The summed E-state index contributed by atoms with van der Waals surface area (Å²) >= 11 is 7.48. The summed E-state index contributed by atoms with van der Waals surface area (Å²) in [5, 5.41) is 10.3. The third-order valence-corrected chi connectivity index (χ3v) is 5.39. The molecule has 0 spiro atoms. The first kappa shape index (κ1) is 14.7. The van der Waals surface area contributed by atoms with Gasteiger partial charge in [0.25, 0.3) is 0 Å². The fraction of sp³-hybridized carbons (Fsp3) is 0.467. The lowest BCUT2D eigenvalue weighted by Gasteiger charge is -2.39. The van der Waals surface area contributed by atoms with Crippen molar-refractivity contribution >= 4 is 40.4 Å². The van der Waals surface area contributed by atoms with E-state index in [4.69, 9.17) is 16.7 Å². The number of thioether (sulfide) groups is 1. The number of carbonyl (C=O) groups is 1. The van der Waals surface area contributed by atoms with Crippen LogP contribution in [0.3, 0.4) is 0 Å². The van der Waals surface area contributed by atoms with E-state index in [1.165, 1.54) is 31.0 Å². The number of aromatic nitrogens is 2. The van der Waals surface area contributed by atoms with E-state index < -0.39 is 5.97 Å². The van der Waals surface area contributed by atoms with Crippen LogP contribution in [0.4, 0.5) is 0 Å². The van der Waals surface area contributed by atoms with Gasteiger partial charge in [0.1, 0.15) is 5.52 Å². The largest absolute Gasteiger partial charge is 0.481 e. The molecule has 21 heavy (non-hydrogen) atoms. The lowest BCUT2D eigenvalue weighted by molar-refractivity contribution is -0.133. The topological polar surface area (TPSA) is 55.1 Å². The van der Waals surface area contributed by atoms with E-state index in [0.29, 0.717) is 5.02 Å². The van der Waals surface area contributed by atoms with Crippen molar-refractivity contribution in [2.75, 3.05) is 5.75 Å². The number of aliphatic carboxylic acids is 1. The monoisotopic (exact) mass is 324 g/mol. The molecule has 1 aromatic carbocycles. The van der Waals surface area contributed by atoms with Crippen LogP contribution in [0.2, 0.25) is 5.02 Å². The van der Waals surface area contributed by atoms with Crippen LogP contribution in [0.5, 0.6) is 0 Å². The normalized spacial score (nSPS) is 16.9. The average molecular weight is 325 g/mol. The molecule has 0 unspecified atom stereocenters. The van der Waals surface area contributed by atoms with Gasteiger partial charge in [0.05, 0.1) is 16.3 Å². The predicted molar refractivity (Wildman–Crippen MR) is 85.1 cm³/mol. The molecule has 3 rings (SSSR count). The van der Waals surface area contributed by atoms with Crippen molar-refractivity contribution in [2.24, 2.45) is 5.41 Å². The van der Waals surface area contributed by atoms with Gasteiger partial charge in [-0.05, 0) is 30.4 Å². The zero-order valence-electron chi connectivity index (χ0n) is 11.8. The standard InChI is InChI=1S/C15H17ClN2O2S/c1-15(6-3-7-15)9-18-11-5-2-4-10(16)13(11)17-14(18)21-8-12(19)20/h2,4-5H,3,6-9H2,1H3,(H,19,20). The van der Waals surface area contributed by atoms with Crippen molar-refractivity contribution in [3.63, 3.8) is 0 Å². The Morgan fingerprint density at radius 1 is 1.52 bits per heavy atom. The minimum Gasteiger partial charge on any atom is -0.481 e. The number of benzene rings is 1. The molecule has 6 heteroatoms. The summed E-state index contributed by atoms with van der Waals surface area (Å²) in [5.74, 6) is -0.822. The molecule has 1 heterocycles. The smallest absolute Gasteiger partial charge is 0.313 e. The number of halogens is 1. The van der Waals surface area contributed by atoms with E-state index in [2.05, 4.69) is 16.5 Å². The maximum atomic E-state index is 10.8. The van der Waals surface area contributed by atoms with Crippen LogP contribution in [0.1, 0.15) is 26.2 Å². The molecule has 1 N–H and O–H groups in total. The van der Waals surface area contributed by atoms with Gasteiger partial charge in [-0.2, -0.15) is 0 Å². The van der Waals surface area contributed by atoms with E-state index in [1.54, 1.807) is 0 Å². The van der Waals surface area contributed by atoms with Gasteiger partial charge in [0.15, 0.2) is 5.16 Å². The Balaban J connectivity index is 2.02. The minimum atomic E-state index is -0.834. The molecular formula is C15H17ClN2O2S. The summed E-state index contributed by atoms with van der Waals surface area (Å²) in [7, 11) is 0. The molecule has 1 fully saturated rings. The SMILES string of the molecule is CC1(Cn2c(SCC(=O)O)nc3c(Cl)cccc32)CCC1. The predicted octanol–water partition coefficient (Wildman–Crippen LogP) is 4.06. The van der Waals surface area contributed by atoms with Gasteiger partial charge in [-0.1, -0.05) is 42.8 Å². The van der Waals surface area contributed by atoms with E-state index in [-0.39, 0.29) is 11.2 Å². The van der Waals surface area contributed by atoms with Crippen LogP contribution in [-0.4, -0.2) is 26.4 Å². The van der Waals surface area contributed by atoms with Crippen molar-refractivity contribution in [1.82, 2.24) is 9.55 Å². The summed E-state index contributed by atoms with van der Waals surface area (Å²) < 4.78 is 2.13.